The number of hydrogen-bond acceptors (Lipinski definition) is 2. The molecule has 0 aromatic heterocycles. The van der Waals surface area contributed by atoms with Crippen LogP contribution in [0, 0.1) is 11.8 Å². The number of carbonyl (C=O) groups is 2. The van der Waals surface area contributed by atoms with Crippen LogP contribution in [0.15, 0.2) is 0 Å². The van der Waals surface area contributed by atoms with E-state index in [1.807, 2.05) is 4.90 Å². The number of nitrogens with zero attached hydrogens (tertiary/aromatic N) is 1. The third-order valence-corrected chi connectivity index (χ3v) is 5.36. The summed E-state index contributed by atoms with van der Waals surface area (Å²) in [6.45, 7) is 2.76. The minimum absolute atomic E-state index is 0.0550. The standard InChI is InChI=1S/C16H26N2O2/c1-11(12-7-8-12)18-10-9-14(19)17-15(16(18)20)13-5-3-2-4-6-13/h11-13,15H,2-10H2,1H3,(H,17,19). The van der Waals surface area contributed by atoms with Gasteiger partial charge in [0.1, 0.15) is 6.04 Å². The molecular weight excluding hydrogens is 252 g/mol. The van der Waals surface area contributed by atoms with E-state index >= 15 is 0 Å². The van der Waals surface area contributed by atoms with Crippen LogP contribution in [0.2, 0.25) is 0 Å². The van der Waals surface area contributed by atoms with Gasteiger partial charge in [0, 0.05) is 19.0 Å². The number of nitrogens with one attached hydrogen (secondary N) is 1. The summed E-state index contributed by atoms with van der Waals surface area (Å²) >= 11 is 0. The summed E-state index contributed by atoms with van der Waals surface area (Å²) in [5, 5.41) is 3.01. The Morgan fingerprint density at radius 3 is 2.45 bits per heavy atom. The lowest BCUT2D eigenvalue weighted by molar-refractivity contribution is -0.137. The maximum atomic E-state index is 12.9. The first-order valence-corrected chi connectivity index (χ1v) is 8.26. The van der Waals surface area contributed by atoms with Gasteiger partial charge in [0.2, 0.25) is 11.8 Å². The zero-order chi connectivity index (χ0) is 14.1. The number of rotatable bonds is 3. The van der Waals surface area contributed by atoms with Crippen LogP contribution < -0.4 is 5.32 Å². The smallest absolute Gasteiger partial charge is 0.245 e. The number of carbonyl (C=O) groups excluding carboxylic acids is 2. The molecule has 2 saturated carbocycles. The molecule has 1 aliphatic heterocycles. The van der Waals surface area contributed by atoms with Gasteiger partial charge in [-0.05, 0) is 44.4 Å². The topological polar surface area (TPSA) is 49.4 Å². The molecular formula is C16H26N2O2. The minimum atomic E-state index is -0.258. The average Bonchev–Trinajstić information content (AvgIpc) is 3.29. The van der Waals surface area contributed by atoms with Crippen LogP contribution in [0.25, 0.3) is 0 Å². The second kappa shape index (κ2) is 5.74. The first-order valence-electron chi connectivity index (χ1n) is 8.26. The van der Waals surface area contributed by atoms with E-state index in [9.17, 15) is 9.59 Å². The van der Waals surface area contributed by atoms with Gasteiger partial charge < -0.3 is 10.2 Å². The second-order valence-corrected chi connectivity index (χ2v) is 6.80. The Balaban J connectivity index is 1.75. The van der Waals surface area contributed by atoms with E-state index in [-0.39, 0.29) is 17.9 Å². The molecule has 0 spiro atoms. The molecule has 0 bridgehead atoms. The SMILES string of the molecule is CC(C1CC1)N1CCC(=O)NC(C2CCCCC2)C1=O. The van der Waals surface area contributed by atoms with Gasteiger partial charge in [-0.1, -0.05) is 19.3 Å². The normalized spacial score (nSPS) is 30.9. The highest BCUT2D eigenvalue weighted by Crippen LogP contribution is 2.36. The summed E-state index contributed by atoms with van der Waals surface area (Å²) in [6, 6.07) is 0.0489. The van der Waals surface area contributed by atoms with Crippen LogP contribution in [0.5, 0.6) is 0 Å². The van der Waals surface area contributed by atoms with Gasteiger partial charge in [-0.2, -0.15) is 0 Å². The van der Waals surface area contributed by atoms with E-state index in [0.717, 1.165) is 12.8 Å². The lowest BCUT2D eigenvalue weighted by Gasteiger charge is -2.34. The molecule has 3 fully saturated rings. The molecule has 2 amide bonds. The molecule has 112 valence electrons. The van der Waals surface area contributed by atoms with Crippen molar-refractivity contribution in [2.24, 2.45) is 11.8 Å². The first-order chi connectivity index (χ1) is 9.66. The van der Waals surface area contributed by atoms with Crippen molar-refractivity contribution >= 4 is 11.8 Å². The third-order valence-electron chi connectivity index (χ3n) is 5.36. The third kappa shape index (κ3) is 2.84. The fraction of sp³-hybridized carbons (Fsp3) is 0.875. The van der Waals surface area contributed by atoms with Crippen LogP contribution in [-0.2, 0) is 9.59 Å². The molecule has 0 aromatic carbocycles. The molecule has 4 nitrogen and oxygen atoms in total. The van der Waals surface area contributed by atoms with E-state index in [1.54, 1.807) is 0 Å². The van der Waals surface area contributed by atoms with Crippen LogP contribution in [0.1, 0.15) is 58.3 Å². The Hall–Kier alpha value is -1.06. The quantitative estimate of drug-likeness (QED) is 0.859. The molecule has 2 atom stereocenters. The molecule has 0 aromatic rings. The van der Waals surface area contributed by atoms with Crippen molar-refractivity contribution in [2.45, 2.75) is 70.4 Å². The maximum absolute atomic E-state index is 12.9. The summed E-state index contributed by atoms with van der Waals surface area (Å²) in [7, 11) is 0. The van der Waals surface area contributed by atoms with E-state index in [2.05, 4.69) is 12.2 Å². The van der Waals surface area contributed by atoms with E-state index in [0.29, 0.717) is 30.8 Å². The first kappa shape index (κ1) is 13.9. The Bertz CT molecular complexity index is 386. The van der Waals surface area contributed by atoms with Crippen molar-refractivity contribution in [2.75, 3.05) is 6.54 Å². The van der Waals surface area contributed by atoms with Crippen molar-refractivity contribution in [3.05, 3.63) is 0 Å². The van der Waals surface area contributed by atoms with Gasteiger partial charge in [-0.15, -0.1) is 0 Å². The van der Waals surface area contributed by atoms with Gasteiger partial charge in [-0.25, -0.2) is 0 Å². The van der Waals surface area contributed by atoms with Crippen molar-refractivity contribution < 1.29 is 9.59 Å². The van der Waals surface area contributed by atoms with E-state index in [4.69, 9.17) is 0 Å². The highest BCUT2D eigenvalue weighted by atomic mass is 16.2. The minimum Gasteiger partial charge on any atom is -0.344 e. The lowest BCUT2D eigenvalue weighted by Crippen LogP contribution is -2.52. The van der Waals surface area contributed by atoms with Crippen molar-refractivity contribution in [3.8, 4) is 0 Å². The van der Waals surface area contributed by atoms with Gasteiger partial charge in [0.25, 0.3) is 0 Å². The number of amides is 2. The summed E-state index contributed by atoms with van der Waals surface area (Å²) in [6.07, 6.45) is 8.77. The molecule has 4 heteroatoms. The van der Waals surface area contributed by atoms with Crippen molar-refractivity contribution in [1.29, 1.82) is 0 Å². The molecule has 1 saturated heterocycles. The molecule has 1 N–H and O–H groups in total. The summed E-state index contributed by atoms with van der Waals surface area (Å²) in [5.74, 6) is 1.26. The van der Waals surface area contributed by atoms with Crippen LogP contribution in [0.4, 0.5) is 0 Å². The van der Waals surface area contributed by atoms with Crippen molar-refractivity contribution in [3.63, 3.8) is 0 Å². The van der Waals surface area contributed by atoms with E-state index < -0.39 is 0 Å². The molecule has 2 aliphatic carbocycles. The molecule has 3 aliphatic rings. The van der Waals surface area contributed by atoms with E-state index in [1.165, 1.54) is 32.1 Å². The fourth-order valence-electron chi connectivity index (χ4n) is 3.84. The van der Waals surface area contributed by atoms with Gasteiger partial charge in [0.15, 0.2) is 0 Å². The van der Waals surface area contributed by atoms with Gasteiger partial charge in [0.05, 0.1) is 0 Å². The monoisotopic (exact) mass is 278 g/mol. The maximum Gasteiger partial charge on any atom is 0.245 e. The average molecular weight is 278 g/mol. The van der Waals surface area contributed by atoms with Crippen molar-refractivity contribution in [1.82, 2.24) is 10.2 Å². The zero-order valence-corrected chi connectivity index (χ0v) is 12.4. The molecule has 1 heterocycles. The fourth-order valence-corrected chi connectivity index (χ4v) is 3.84. The van der Waals surface area contributed by atoms with Crippen LogP contribution >= 0.6 is 0 Å². The van der Waals surface area contributed by atoms with Crippen LogP contribution in [0.3, 0.4) is 0 Å². The Morgan fingerprint density at radius 1 is 1.10 bits per heavy atom. The summed E-state index contributed by atoms with van der Waals surface area (Å²) in [5.41, 5.74) is 0. The van der Waals surface area contributed by atoms with Crippen LogP contribution in [-0.4, -0.2) is 35.3 Å². The molecule has 2 unspecified atom stereocenters. The molecule has 0 radical (unpaired) electrons. The van der Waals surface area contributed by atoms with Gasteiger partial charge in [-0.3, -0.25) is 9.59 Å². The predicted molar refractivity (Wildman–Crippen MR) is 77.0 cm³/mol. The zero-order valence-electron chi connectivity index (χ0n) is 12.4. The highest BCUT2D eigenvalue weighted by Gasteiger charge is 2.41. The number of hydrogen-bond donors (Lipinski definition) is 1. The summed E-state index contributed by atoms with van der Waals surface area (Å²) < 4.78 is 0. The molecule has 20 heavy (non-hydrogen) atoms. The second-order valence-electron chi connectivity index (χ2n) is 6.80. The highest BCUT2D eigenvalue weighted by molar-refractivity contribution is 5.90. The Kier molecular flexibility index (Phi) is 3.99. The van der Waals surface area contributed by atoms with Gasteiger partial charge >= 0.3 is 0 Å². The molecule has 3 rings (SSSR count). The lowest BCUT2D eigenvalue weighted by atomic mass is 9.83. The summed E-state index contributed by atoms with van der Waals surface area (Å²) in [4.78, 5) is 26.8. The Labute approximate surface area is 121 Å². The Morgan fingerprint density at radius 2 is 1.80 bits per heavy atom. The predicted octanol–water partition coefficient (Wildman–Crippen LogP) is 2.08. The largest absolute Gasteiger partial charge is 0.344 e.